The van der Waals surface area contributed by atoms with Gasteiger partial charge in [-0.3, -0.25) is 4.79 Å². The number of nitrogens with zero attached hydrogens (tertiary/aromatic N) is 1. The van der Waals surface area contributed by atoms with E-state index in [0.717, 1.165) is 22.2 Å². The van der Waals surface area contributed by atoms with E-state index in [9.17, 15) is 4.79 Å². The third-order valence-electron chi connectivity index (χ3n) is 3.40. The zero-order valence-corrected chi connectivity index (χ0v) is 9.19. The summed E-state index contributed by atoms with van der Waals surface area (Å²) in [5.74, 6) is 0.617. The van der Waals surface area contributed by atoms with Crippen molar-refractivity contribution in [3.8, 4) is 0 Å². The van der Waals surface area contributed by atoms with Crippen LogP contribution in [0.15, 0.2) is 22.7 Å². The fourth-order valence-electron chi connectivity index (χ4n) is 2.15. The maximum absolute atomic E-state index is 11.3. The summed E-state index contributed by atoms with van der Waals surface area (Å²) in [6.07, 6.45) is 3.64. The molecule has 0 N–H and O–H groups in total. The van der Waals surface area contributed by atoms with Crippen LogP contribution in [-0.2, 0) is 0 Å². The molecule has 82 valence electrons. The fraction of sp³-hybridized carbons (Fsp3) is 0.385. The molecule has 0 saturated heterocycles. The van der Waals surface area contributed by atoms with Crippen molar-refractivity contribution < 1.29 is 9.32 Å². The molecule has 0 spiro atoms. The molecular formula is C13H13NO2. The number of aromatic nitrogens is 1. The number of hydrogen-bond acceptors (Lipinski definition) is 3. The molecule has 0 amide bonds. The predicted octanol–water partition coefficient (Wildman–Crippen LogP) is 3.30. The zero-order valence-electron chi connectivity index (χ0n) is 9.19. The molecule has 1 heterocycles. The highest BCUT2D eigenvalue weighted by Gasteiger charge is 2.25. The van der Waals surface area contributed by atoms with Gasteiger partial charge in [0.2, 0.25) is 0 Å². The van der Waals surface area contributed by atoms with E-state index in [1.807, 2.05) is 12.1 Å². The Hall–Kier alpha value is -1.64. The first-order valence-electron chi connectivity index (χ1n) is 5.66. The Kier molecular flexibility index (Phi) is 2.06. The average Bonchev–Trinajstić information content (AvgIpc) is 2.59. The molecule has 1 fully saturated rings. The van der Waals surface area contributed by atoms with Crippen LogP contribution in [0.3, 0.4) is 0 Å². The first kappa shape index (κ1) is 9.58. The molecule has 1 aromatic carbocycles. The average molecular weight is 215 g/mol. The number of hydrogen-bond donors (Lipinski definition) is 0. The Labute approximate surface area is 93.4 Å². The molecule has 1 aliphatic carbocycles. The lowest BCUT2D eigenvalue weighted by Crippen LogP contribution is -2.09. The third kappa shape index (κ3) is 1.35. The molecule has 3 nitrogen and oxygen atoms in total. The van der Waals surface area contributed by atoms with E-state index in [1.165, 1.54) is 19.3 Å². The van der Waals surface area contributed by atoms with Crippen LogP contribution >= 0.6 is 0 Å². The Morgan fingerprint density at radius 1 is 1.44 bits per heavy atom. The standard InChI is InChI=1S/C13H13NO2/c1-8(15)10-5-6-12-11(7-10)13(14-16-12)9-3-2-4-9/h5-7,9H,2-4H2,1H3. The van der Waals surface area contributed by atoms with Crippen LogP contribution in [0.5, 0.6) is 0 Å². The first-order valence-corrected chi connectivity index (χ1v) is 5.66. The van der Waals surface area contributed by atoms with Crippen molar-refractivity contribution in [2.75, 3.05) is 0 Å². The molecule has 3 heteroatoms. The van der Waals surface area contributed by atoms with Crippen molar-refractivity contribution >= 4 is 16.8 Å². The maximum atomic E-state index is 11.3. The third-order valence-corrected chi connectivity index (χ3v) is 3.40. The second-order valence-corrected chi connectivity index (χ2v) is 4.46. The van der Waals surface area contributed by atoms with Crippen LogP contribution in [-0.4, -0.2) is 10.9 Å². The van der Waals surface area contributed by atoms with E-state index in [0.29, 0.717) is 5.92 Å². The highest BCUT2D eigenvalue weighted by atomic mass is 16.5. The molecule has 0 atom stereocenters. The van der Waals surface area contributed by atoms with Crippen molar-refractivity contribution in [2.45, 2.75) is 32.1 Å². The van der Waals surface area contributed by atoms with Gasteiger partial charge in [-0.05, 0) is 38.0 Å². The van der Waals surface area contributed by atoms with Crippen molar-refractivity contribution in [2.24, 2.45) is 0 Å². The number of benzene rings is 1. The van der Waals surface area contributed by atoms with Crippen molar-refractivity contribution in [3.63, 3.8) is 0 Å². The van der Waals surface area contributed by atoms with Gasteiger partial charge in [0.1, 0.15) is 0 Å². The van der Waals surface area contributed by atoms with E-state index >= 15 is 0 Å². The molecular weight excluding hydrogens is 202 g/mol. The first-order chi connectivity index (χ1) is 7.75. The lowest BCUT2D eigenvalue weighted by Gasteiger charge is -2.22. The number of carbonyl (C=O) groups is 1. The Morgan fingerprint density at radius 3 is 2.88 bits per heavy atom. The molecule has 2 aromatic rings. The van der Waals surface area contributed by atoms with Gasteiger partial charge in [-0.2, -0.15) is 0 Å². The van der Waals surface area contributed by atoms with Crippen LogP contribution in [0.4, 0.5) is 0 Å². The van der Waals surface area contributed by atoms with Crippen molar-refractivity contribution in [1.29, 1.82) is 0 Å². The van der Waals surface area contributed by atoms with E-state index in [-0.39, 0.29) is 5.78 Å². The van der Waals surface area contributed by atoms with Gasteiger partial charge in [0.05, 0.1) is 5.69 Å². The molecule has 0 radical (unpaired) electrons. The lowest BCUT2D eigenvalue weighted by molar-refractivity contribution is 0.101. The normalized spacial score (nSPS) is 16.3. The Balaban J connectivity index is 2.15. The molecule has 0 bridgehead atoms. The van der Waals surface area contributed by atoms with Crippen LogP contribution in [0.25, 0.3) is 11.0 Å². The highest BCUT2D eigenvalue weighted by molar-refractivity contribution is 5.98. The smallest absolute Gasteiger partial charge is 0.167 e. The molecule has 16 heavy (non-hydrogen) atoms. The van der Waals surface area contributed by atoms with Gasteiger partial charge in [0.25, 0.3) is 0 Å². The van der Waals surface area contributed by atoms with Crippen LogP contribution in [0.2, 0.25) is 0 Å². The summed E-state index contributed by atoms with van der Waals surface area (Å²) < 4.78 is 5.28. The Bertz CT molecular complexity index is 552. The van der Waals surface area contributed by atoms with E-state index in [2.05, 4.69) is 5.16 Å². The minimum absolute atomic E-state index is 0.0858. The number of carbonyl (C=O) groups excluding carboxylic acids is 1. The summed E-state index contributed by atoms with van der Waals surface area (Å²) in [6.45, 7) is 1.58. The molecule has 0 aliphatic heterocycles. The van der Waals surface area contributed by atoms with Gasteiger partial charge in [-0.15, -0.1) is 0 Å². The summed E-state index contributed by atoms with van der Waals surface area (Å²) in [4.78, 5) is 11.3. The van der Waals surface area contributed by atoms with Crippen LogP contribution in [0.1, 0.15) is 48.2 Å². The minimum atomic E-state index is 0.0858. The molecule has 1 aromatic heterocycles. The minimum Gasteiger partial charge on any atom is -0.356 e. The summed E-state index contributed by atoms with van der Waals surface area (Å²) in [5.41, 5.74) is 2.55. The second kappa shape index (κ2) is 3.44. The number of rotatable bonds is 2. The van der Waals surface area contributed by atoms with Gasteiger partial charge >= 0.3 is 0 Å². The van der Waals surface area contributed by atoms with E-state index in [1.54, 1.807) is 13.0 Å². The predicted molar refractivity (Wildman–Crippen MR) is 60.6 cm³/mol. The van der Waals surface area contributed by atoms with Crippen molar-refractivity contribution in [3.05, 3.63) is 29.5 Å². The number of ketones is 1. The summed E-state index contributed by atoms with van der Waals surface area (Å²) >= 11 is 0. The van der Waals surface area contributed by atoms with Gasteiger partial charge in [-0.25, -0.2) is 0 Å². The lowest BCUT2D eigenvalue weighted by atomic mass is 9.82. The topological polar surface area (TPSA) is 43.1 Å². The fourth-order valence-corrected chi connectivity index (χ4v) is 2.15. The summed E-state index contributed by atoms with van der Waals surface area (Å²) in [5, 5.41) is 5.14. The highest BCUT2D eigenvalue weighted by Crippen LogP contribution is 2.39. The number of Topliss-reactive ketones (excluding diaryl/α,β-unsaturated/α-hetero) is 1. The van der Waals surface area contributed by atoms with E-state index in [4.69, 9.17) is 4.52 Å². The van der Waals surface area contributed by atoms with E-state index < -0.39 is 0 Å². The monoisotopic (exact) mass is 215 g/mol. The SMILES string of the molecule is CC(=O)c1ccc2onc(C3CCC3)c2c1. The maximum Gasteiger partial charge on any atom is 0.167 e. The summed E-state index contributed by atoms with van der Waals surface area (Å²) in [6, 6.07) is 5.53. The number of fused-ring (bicyclic) bond motifs is 1. The largest absolute Gasteiger partial charge is 0.356 e. The van der Waals surface area contributed by atoms with Crippen LogP contribution < -0.4 is 0 Å². The molecule has 1 aliphatic rings. The zero-order chi connectivity index (χ0) is 11.1. The Morgan fingerprint density at radius 2 is 2.25 bits per heavy atom. The molecule has 1 saturated carbocycles. The van der Waals surface area contributed by atoms with Gasteiger partial charge in [0.15, 0.2) is 11.4 Å². The molecule has 0 unspecified atom stereocenters. The van der Waals surface area contributed by atoms with Gasteiger partial charge in [0, 0.05) is 16.9 Å². The second-order valence-electron chi connectivity index (χ2n) is 4.46. The van der Waals surface area contributed by atoms with Crippen molar-refractivity contribution in [1.82, 2.24) is 5.16 Å². The quantitative estimate of drug-likeness (QED) is 0.722. The van der Waals surface area contributed by atoms with Gasteiger partial charge < -0.3 is 4.52 Å². The van der Waals surface area contributed by atoms with Crippen LogP contribution in [0, 0.1) is 0 Å². The van der Waals surface area contributed by atoms with Gasteiger partial charge in [-0.1, -0.05) is 11.6 Å². The summed E-state index contributed by atoms with van der Waals surface area (Å²) in [7, 11) is 0. The molecule has 3 rings (SSSR count).